The van der Waals surface area contributed by atoms with E-state index in [0.29, 0.717) is 19.4 Å². The van der Waals surface area contributed by atoms with Gasteiger partial charge in [0.15, 0.2) is 0 Å². The van der Waals surface area contributed by atoms with E-state index >= 15 is 0 Å². The van der Waals surface area contributed by atoms with Gasteiger partial charge in [0, 0.05) is 44.2 Å². The highest BCUT2D eigenvalue weighted by Crippen LogP contribution is 2.31. The molecule has 2 heterocycles. The van der Waals surface area contributed by atoms with E-state index in [2.05, 4.69) is 4.72 Å². The van der Waals surface area contributed by atoms with Crippen molar-refractivity contribution in [1.29, 1.82) is 0 Å². The van der Waals surface area contributed by atoms with Crippen molar-refractivity contribution in [3.63, 3.8) is 0 Å². The van der Waals surface area contributed by atoms with Crippen molar-refractivity contribution in [2.24, 2.45) is 0 Å². The van der Waals surface area contributed by atoms with Gasteiger partial charge < -0.3 is 9.80 Å². The topological polar surface area (TPSA) is 86.8 Å². The summed E-state index contributed by atoms with van der Waals surface area (Å²) in [6.45, 7) is 5.86. The number of likely N-dealkylation sites (tertiary alicyclic amines) is 1. The van der Waals surface area contributed by atoms with Gasteiger partial charge in [-0.15, -0.1) is 0 Å². The summed E-state index contributed by atoms with van der Waals surface area (Å²) < 4.78 is 27.7. The predicted molar refractivity (Wildman–Crippen MR) is 112 cm³/mol. The van der Waals surface area contributed by atoms with Crippen LogP contribution < -0.4 is 9.62 Å². The average Bonchev–Trinajstić information content (AvgIpc) is 3.15. The molecule has 29 heavy (non-hydrogen) atoms. The largest absolute Gasteiger partial charge is 0.343 e. The molecule has 7 nitrogen and oxygen atoms in total. The summed E-state index contributed by atoms with van der Waals surface area (Å²) in [6.07, 6.45) is 4.99. The Labute approximate surface area is 173 Å². The fourth-order valence-corrected chi connectivity index (χ4v) is 5.25. The summed E-state index contributed by atoms with van der Waals surface area (Å²) >= 11 is 0. The summed E-state index contributed by atoms with van der Waals surface area (Å²) in [4.78, 5) is 28.8. The third-order valence-corrected chi connectivity index (χ3v) is 7.38. The maximum absolute atomic E-state index is 12.7. The molecule has 1 saturated heterocycles. The van der Waals surface area contributed by atoms with Crippen molar-refractivity contribution in [3.05, 3.63) is 23.8 Å². The molecule has 2 aliphatic rings. The Bertz CT molecular complexity index is 863. The van der Waals surface area contributed by atoms with Crippen molar-refractivity contribution >= 4 is 27.5 Å². The number of sulfonamides is 1. The van der Waals surface area contributed by atoms with E-state index in [1.54, 1.807) is 23.1 Å². The van der Waals surface area contributed by atoms with Gasteiger partial charge in [-0.2, -0.15) is 0 Å². The Morgan fingerprint density at radius 1 is 1.07 bits per heavy atom. The van der Waals surface area contributed by atoms with E-state index in [1.165, 1.54) is 0 Å². The molecule has 0 aromatic heterocycles. The summed E-state index contributed by atoms with van der Waals surface area (Å²) in [7, 11) is -3.57. The molecule has 0 aliphatic carbocycles. The number of nitrogens with one attached hydrogen (secondary N) is 1. The van der Waals surface area contributed by atoms with E-state index in [1.807, 2.05) is 18.7 Å². The van der Waals surface area contributed by atoms with Crippen LogP contribution in [-0.2, 0) is 26.0 Å². The lowest BCUT2D eigenvalue weighted by Crippen LogP contribution is -2.37. The first-order chi connectivity index (χ1) is 13.8. The summed E-state index contributed by atoms with van der Waals surface area (Å²) in [5.41, 5.74) is 1.61. The molecule has 2 amide bonds. The van der Waals surface area contributed by atoms with Crippen LogP contribution in [0.2, 0.25) is 0 Å². The molecule has 1 fully saturated rings. The molecule has 160 valence electrons. The molecule has 0 radical (unpaired) electrons. The van der Waals surface area contributed by atoms with Crippen LogP contribution in [0.3, 0.4) is 0 Å². The average molecular weight is 422 g/mol. The molecule has 0 bridgehead atoms. The zero-order valence-corrected chi connectivity index (χ0v) is 18.1. The molecular weight excluding hydrogens is 390 g/mol. The van der Waals surface area contributed by atoms with Crippen LogP contribution in [0.4, 0.5) is 5.69 Å². The number of amides is 2. The number of nitrogens with zero attached hydrogens (tertiary/aromatic N) is 2. The molecule has 1 aromatic rings. The molecule has 1 atom stereocenters. The summed E-state index contributed by atoms with van der Waals surface area (Å²) in [5, 5.41) is 0. The number of benzene rings is 1. The Balaban J connectivity index is 1.63. The van der Waals surface area contributed by atoms with Crippen LogP contribution in [0.1, 0.15) is 57.9 Å². The van der Waals surface area contributed by atoms with Crippen LogP contribution in [0.5, 0.6) is 0 Å². The van der Waals surface area contributed by atoms with Crippen molar-refractivity contribution < 1.29 is 18.0 Å². The number of carbonyl (C=O) groups excluding carboxylic acids is 2. The first-order valence-corrected chi connectivity index (χ1v) is 12.0. The van der Waals surface area contributed by atoms with E-state index in [4.69, 9.17) is 0 Å². The second-order valence-electron chi connectivity index (χ2n) is 7.96. The number of hydrogen-bond acceptors (Lipinski definition) is 4. The highest BCUT2D eigenvalue weighted by Gasteiger charge is 2.28. The molecule has 1 N–H and O–H groups in total. The van der Waals surface area contributed by atoms with Gasteiger partial charge in [0.25, 0.3) is 0 Å². The molecule has 0 saturated carbocycles. The summed E-state index contributed by atoms with van der Waals surface area (Å²) in [6, 6.07) is 4.78. The number of hydrogen-bond donors (Lipinski definition) is 1. The molecule has 0 spiro atoms. The predicted octanol–water partition coefficient (Wildman–Crippen LogP) is 2.45. The van der Waals surface area contributed by atoms with Crippen LogP contribution in [0.15, 0.2) is 23.1 Å². The number of rotatable bonds is 7. The van der Waals surface area contributed by atoms with E-state index in [9.17, 15) is 18.0 Å². The molecule has 1 aromatic carbocycles. The second kappa shape index (κ2) is 9.26. The number of piperidine rings is 1. The molecule has 3 rings (SSSR count). The zero-order valence-electron chi connectivity index (χ0n) is 17.3. The minimum Gasteiger partial charge on any atom is -0.343 e. The lowest BCUT2D eigenvalue weighted by atomic mass is 10.1. The number of anilines is 1. The van der Waals surface area contributed by atoms with Crippen LogP contribution >= 0.6 is 0 Å². The minimum atomic E-state index is -3.57. The smallest absolute Gasteiger partial charge is 0.240 e. The van der Waals surface area contributed by atoms with Crippen molar-refractivity contribution in [2.75, 3.05) is 24.5 Å². The minimum absolute atomic E-state index is 0.0510. The zero-order chi connectivity index (χ0) is 21.0. The molecule has 0 unspecified atom stereocenters. The first-order valence-electron chi connectivity index (χ1n) is 10.5. The van der Waals surface area contributed by atoms with Gasteiger partial charge in [0.1, 0.15) is 0 Å². The van der Waals surface area contributed by atoms with Gasteiger partial charge in [-0.25, -0.2) is 13.1 Å². The number of carbonyl (C=O) groups is 2. The van der Waals surface area contributed by atoms with Crippen LogP contribution in [0.25, 0.3) is 0 Å². The number of fused-ring (bicyclic) bond motifs is 1. The third kappa shape index (κ3) is 5.17. The van der Waals surface area contributed by atoms with Crippen LogP contribution in [0, 0.1) is 0 Å². The van der Waals surface area contributed by atoms with Crippen molar-refractivity contribution in [2.45, 2.75) is 69.7 Å². The standard InChI is InChI=1S/C21H31N3O4S/c1-3-16(2)22-29(27,28)18-7-8-19-17(15-18)11-14-24(19)21(26)10-9-20(25)23-12-5-4-6-13-23/h7-8,15-16,22H,3-6,9-14H2,1-2H3/t16-/m0/s1. The highest BCUT2D eigenvalue weighted by atomic mass is 32.2. The quantitative estimate of drug-likeness (QED) is 0.733. The van der Waals surface area contributed by atoms with Gasteiger partial charge in [0.05, 0.1) is 4.90 Å². The van der Waals surface area contributed by atoms with Gasteiger partial charge in [-0.1, -0.05) is 6.92 Å². The normalized spacial score (nSPS) is 17.9. The SMILES string of the molecule is CC[C@H](C)NS(=O)(=O)c1ccc2c(c1)CCN2C(=O)CCC(=O)N1CCCCC1. The Morgan fingerprint density at radius 2 is 1.76 bits per heavy atom. The fraction of sp³-hybridized carbons (Fsp3) is 0.619. The molecular formula is C21H31N3O4S. The van der Waals surface area contributed by atoms with E-state index < -0.39 is 10.0 Å². The third-order valence-electron chi connectivity index (χ3n) is 5.79. The highest BCUT2D eigenvalue weighted by molar-refractivity contribution is 7.89. The van der Waals surface area contributed by atoms with Gasteiger partial charge in [0.2, 0.25) is 21.8 Å². The summed E-state index contributed by atoms with van der Waals surface area (Å²) in [5.74, 6) is -0.0301. The van der Waals surface area contributed by atoms with Gasteiger partial charge in [-0.3, -0.25) is 9.59 Å². The maximum Gasteiger partial charge on any atom is 0.240 e. The Morgan fingerprint density at radius 3 is 2.45 bits per heavy atom. The Kier molecular flexibility index (Phi) is 6.95. The van der Waals surface area contributed by atoms with Crippen LogP contribution in [-0.4, -0.2) is 50.8 Å². The second-order valence-corrected chi connectivity index (χ2v) is 9.67. The van der Waals surface area contributed by atoms with E-state index in [-0.39, 0.29) is 35.6 Å². The lowest BCUT2D eigenvalue weighted by Gasteiger charge is -2.27. The molecule has 8 heteroatoms. The molecule has 2 aliphatic heterocycles. The maximum atomic E-state index is 12.7. The fourth-order valence-electron chi connectivity index (χ4n) is 3.87. The van der Waals surface area contributed by atoms with Crippen molar-refractivity contribution in [3.8, 4) is 0 Å². The van der Waals surface area contributed by atoms with Gasteiger partial charge >= 0.3 is 0 Å². The lowest BCUT2D eigenvalue weighted by molar-refractivity contribution is -0.133. The monoisotopic (exact) mass is 421 g/mol. The van der Waals surface area contributed by atoms with Gasteiger partial charge in [-0.05, 0) is 62.8 Å². The Hall–Kier alpha value is -1.93. The first kappa shape index (κ1) is 21.8. The van der Waals surface area contributed by atoms with E-state index in [0.717, 1.165) is 43.6 Å². The van der Waals surface area contributed by atoms with Crippen molar-refractivity contribution in [1.82, 2.24) is 9.62 Å².